The van der Waals surface area contributed by atoms with Crippen LogP contribution in [0.3, 0.4) is 0 Å². The van der Waals surface area contributed by atoms with E-state index in [9.17, 15) is 0 Å². The molecular weight excluding hydrogens is 272 g/mol. The summed E-state index contributed by atoms with van der Waals surface area (Å²) >= 11 is 0. The van der Waals surface area contributed by atoms with Gasteiger partial charge >= 0.3 is 0 Å². The predicted molar refractivity (Wildman–Crippen MR) is 88.2 cm³/mol. The second kappa shape index (κ2) is 5.52. The fourth-order valence-corrected chi connectivity index (χ4v) is 4.08. The molecule has 4 rings (SSSR count). The number of fused-ring (bicyclic) bond motifs is 1. The average molecular weight is 296 g/mol. The molecule has 3 heterocycles. The second-order valence-corrected chi connectivity index (χ2v) is 6.71. The van der Waals surface area contributed by atoms with E-state index in [0.717, 1.165) is 24.7 Å². The summed E-state index contributed by atoms with van der Waals surface area (Å²) in [7, 11) is 0. The Labute approximate surface area is 132 Å². The molecule has 0 amide bonds. The van der Waals surface area contributed by atoms with E-state index in [1.165, 1.54) is 36.5 Å². The minimum absolute atomic E-state index is 0.716. The van der Waals surface area contributed by atoms with E-state index in [0.29, 0.717) is 6.04 Å². The van der Waals surface area contributed by atoms with E-state index in [1.807, 2.05) is 0 Å². The van der Waals surface area contributed by atoms with Crippen LogP contribution in [0, 0.1) is 19.8 Å². The summed E-state index contributed by atoms with van der Waals surface area (Å²) in [5.41, 5.74) is 4.88. The fourth-order valence-electron chi connectivity index (χ4n) is 4.08. The fraction of sp³-hybridized carbons (Fsp3) is 0.500. The molecular formula is C18H24N4. The molecule has 2 atom stereocenters. The molecule has 2 aliphatic heterocycles. The highest BCUT2D eigenvalue weighted by atomic mass is 15.3. The third-order valence-electron chi connectivity index (χ3n) is 5.16. The van der Waals surface area contributed by atoms with Crippen LogP contribution in [-0.4, -0.2) is 40.4 Å². The number of hydrogen-bond donors (Lipinski definition) is 1. The van der Waals surface area contributed by atoms with E-state index >= 15 is 0 Å². The molecule has 0 unspecified atom stereocenters. The van der Waals surface area contributed by atoms with Gasteiger partial charge in [0.25, 0.3) is 0 Å². The molecule has 2 saturated heterocycles. The number of nitrogens with one attached hydrogen (secondary N) is 1. The van der Waals surface area contributed by atoms with E-state index in [2.05, 4.69) is 64.2 Å². The van der Waals surface area contributed by atoms with Crippen LogP contribution in [0.2, 0.25) is 0 Å². The van der Waals surface area contributed by atoms with Crippen LogP contribution in [0.1, 0.15) is 23.4 Å². The Morgan fingerprint density at radius 3 is 2.91 bits per heavy atom. The van der Waals surface area contributed by atoms with Gasteiger partial charge in [-0.05, 0) is 57.0 Å². The zero-order chi connectivity index (χ0) is 15.1. The quantitative estimate of drug-likeness (QED) is 0.943. The van der Waals surface area contributed by atoms with Crippen molar-refractivity contribution in [2.24, 2.45) is 5.92 Å². The monoisotopic (exact) mass is 296 g/mol. The molecule has 0 radical (unpaired) electrons. The van der Waals surface area contributed by atoms with Crippen LogP contribution in [0.25, 0.3) is 5.69 Å². The summed E-state index contributed by atoms with van der Waals surface area (Å²) in [6, 6.07) is 11.6. The molecule has 0 spiro atoms. The number of hydrogen-bond acceptors (Lipinski definition) is 3. The average Bonchev–Trinajstić information content (AvgIpc) is 3.18. The third kappa shape index (κ3) is 2.36. The molecule has 1 N–H and O–H groups in total. The van der Waals surface area contributed by atoms with Crippen molar-refractivity contribution in [3.8, 4) is 5.69 Å². The molecule has 116 valence electrons. The van der Waals surface area contributed by atoms with Crippen molar-refractivity contribution in [2.45, 2.75) is 32.9 Å². The molecule has 4 nitrogen and oxygen atoms in total. The highest BCUT2D eigenvalue weighted by Crippen LogP contribution is 2.29. The van der Waals surface area contributed by atoms with Gasteiger partial charge < -0.3 is 5.32 Å². The van der Waals surface area contributed by atoms with E-state index in [1.54, 1.807) is 0 Å². The molecule has 1 aromatic carbocycles. The second-order valence-electron chi connectivity index (χ2n) is 6.71. The van der Waals surface area contributed by atoms with Gasteiger partial charge in [-0.3, -0.25) is 4.90 Å². The van der Waals surface area contributed by atoms with Crippen LogP contribution in [0.15, 0.2) is 30.3 Å². The molecule has 0 saturated carbocycles. The van der Waals surface area contributed by atoms with Gasteiger partial charge in [0.1, 0.15) is 0 Å². The largest absolute Gasteiger partial charge is 0.315 e. The summed E-state index contributed by atoms with van der Waals surface area (Å²) in [5.74, 6) is 0.848. The lowest BCUT2D eigenvalue weighted by atomic mass is 10.0. The molecule has 1 aromatic heterocycles. The van der Waals surface area contributed by atoms with E-state index in [-0.39, 0.29) is 0 Å². The molecule has 4 heteroatoms. The summed E-state index contributed by atoms with van der Waals surface area (Å²) in [6.07, 6.45) is 1.33. The number of aromatic nitrogens is 2. The van der Waals surface area contributed by atoms with Gasteiger partial charge in [0.15, 0.2) is 0 Å². The highest BCUT2D eigenvalue weighted by Gasteiger charge is 2.37. The minimum atomic E-state index is 0.716. The first-order chi connectivity index (χ1) is 10.7. The van der Waals surface area contributed by atoms with Crippen LogP contribution in [-0.2, 0) is 6.54 Å². The van der Waals surface area contributed by atoms with Crippen molar-refractivity contribution in [1.82, 2.24) is 20.0 Å². The minimum Gasteiger partial charge on any atom is -0.315 e. The first-order valence-electron chi connectivity index (χ1n) is 8.28. The number of nitrogens with zero attached hydrogens (tertiary/aromatic N) is 3. The first-order valence-corrected chi connectivity index (χ1v) is 8.28. The van der Waals surface area contributed by atoms with Crippen molar-refractivity contribution in [3.63, 3.8) is 0 Å². The Balaban J connectivity index is 1.64. The summed E-state index contributed by atoms with van der Waals surface area (Å²) in [5, 5.41) is 8.21. The molecule has 0 bridgehead atoms. The Kier molecular flexibility index (Phi) is 3.51. The van der Waals surface area contributed by atoms with Crippen molar-refractivity contribution in [2.75, 3.05) is 19.6 Å². The molecule has 22 heavy (non-hydrogen) atoms. The van der Waals surface area contributed by atoms with Crippen molar-refractivity contribution >= 4 is 0 Å². The van der Waals surface area contributed by atoms with E-state index < -0.39 is 0 Å². The Morgan fingerprint density at radius 1 is 1.23 bits per heavy atom. The zero-order valence-electron chi connectivity index (χ0n) is 13.4. The van der Waals surface area contributed by atoms with Crippen LogP contribution in [0.5, 0.6) is 0 Å². The van der Waals surface area contributed by atoms with Gasteiger partial charge in [0.05, 0.1) is 11.4 Å². The normalized spacial score (nSPS) is 24.8. The Bertz CT molecular complexity index is 675. The lowest BCUT2D eigenvalue weighted by molar-refractivity contribution is 0.244. The van der Waals surface area contributed by atoms with Crippen LogP contribution >= 0.6 is 0 Å². The van der Waals surface area contributed by atoms with Crippen LogP contribution in [0.4, 0.5) is 0 Å². The number of benzene rings is 1. The SMILES string of the molecule is Cc1cc(C)n(-c2ccccc2CN2CC[C@H]3CNC[C@H]32)n1. The van der Waals surface area contributed by atoms with Gasteiger partial charge in [-0.15, -0.1) is 0 Å². The predicted octanol–water partition coefficient (Wildman–Crippen LogP) is 2.28. The molecule has 2 aliphatic rings. The summed E-state index contributed by atoms with van der Waals surface area (Å²) in [6.45, 7) is 8.78. The van der Waals surface area contributed by atoms with Gasteiger partial charge in [-0.2, -0.15) is 5.10 Å². The topological polar surface area (TPSA) is 33.1 Å². The highest BCUT2D eigenvalue weighted by molar-refractivity contribution is 5.42. The van der Waals surface area contributed by atoms with Gasteiger partial charge in [-0.25, -0.2) is 4.68 Å². The number of likely N-dealkylation sites (tertiary alicyclic amines) is 1. The third-order valence-corrected chi connectivity index (χ3v) is 5.16. The van der Waals surface area contributed by atoms with Gasteiger partial charge in [-0.1, -0.05) is 18.2 Å². The first kappa shape index (κ1) is 14.0. The number of aryl methyl sites for hydroxylation is 2. The molecule has 0 aliphatic carbocycles. The Hall–Kier alpha value is -1.65. The zero-order valence-corrected chi connectivity index (χ0v) is 13.4. The maximum atomic E-state index is 4.67. The maximum Gasteiger partial charge on any atom is 0.0693 e. The Morgan fingerprint density at radius 2 is 2.09 bits per heavy atom. The van der Waals surface area contributed by atoms with Gasteiger partial charge in [0, 0.05) is 24.8 Å². The van der Waals surface area contributed by atoms with Crippen molar-refractivity contribution in [3.05, 3.63) is 47.3 Å². The smallest absolute Gasteiger partial charge is 0.0693 e. The number of rotatable bonds is 3. The summed E-state index contributed by atoms with van der Waals surface area (Å²) in [4.78, 5) is 2.65. The lowest BCUT2D eigenvalue weighted by Crippen LogP contribution is -2.33. The van der Waals surface area contributed by atoms with Crippen molar-refractivity contribution in [1.29, 1.82) is 0 Å². The maximum absolute atomic E-state index is 4.67. The molecule has 2 aromatic rings. The van der Waals surface area contributed by atoms with Gasteiger partial charge in [0.2, 0.25) is 0 Å². The molecule has 2 fully saturated rings. The van der Waals surface area contributed by atoms with Crippen LogP contribution < -0.4 is 5.32 Å². The lowest BCUT2D eigenvalue weighted by Gasteiger charge is -2.24. The van der Waals surface area contributed by atoms with Crippen molar-refractivity contribution < 1.29 is 0 Å². The van der Waals surface area contributed by atoms with E-state index in [4.69, 9.17) is 0 Å². The number of para-hydroxylation sites is 1. The summed E-state index contributed by atoms with van der Waals surface area (Å²) < 4.78 is 2.09. The standard InChI is InChI=1S/C18H24N4/c1-13-9-14(2)22(20-13)17-6-4-3-5-16(17)12-21-8-7-15-10-19-11-18(15)21/h3-6,9,15,18-19H,7-8,10-12H2,1-2H3/t15-,18+/m0/s1.